The summed E-state index contributed by atoms with van der Waals surface area (Å²) in [5.41, 5.74) is 1.02. The Hall–Kier alpha value is -4.04. The third-order valence-electron chi connectivity index (χ3n) is 6.90. The first-order chi connectivity index (χ1) is 18.5. The van der Waals surface area contributed by atoms with Gasteiger partial charge in [-0.25, -0.2) is 14.1 Å². The lowest BCUT2D eigenvalue weighted by molar-refractivity contribution is -0.156. The summed E-state index contributed by atoms with van der Waals surface area (Å²) >= 11 is 0. The van der Waals surface area contributed by atoms with Crippen LogP contribution in [0.25, 0.3) is 0 Å². The summed E-state index contributed by atoms with van der Waals surface area (Å²) in [5, 5.41) is 32.2. The second-order valence-electron chi connectivity index (χ2n) is 9.50. The summed E-state index contributed by atoms with van der Waals surface area (Å²) in [6, 6.07) is 2.05. The van der Waals surface area contributed by atoms with Gasteiger partial charge in [0.1, 0.15) is 23.2 Å². The number of aliphatic hydroxyl groups excluding tert-OH is 1. The molecule has 0 spiro atoms. The summed E-state index contributed by atoms with van der Waals surface area (Å²) in [6.07, 6.45) is 0.768. The minimum Gasteiger partial charge on any atom is -0.536 e. The first-order valence-corrected chi connectivity index (χ1v) is 12.4. The van der Waals surface area contributed by atoms with E-state index in [4.69, 9.17) is 4.65 Å². The Morgan fingerprint density at radius 2 is 2.05 bits per heavy atom. The second-order valence-corrected chi connectivity index (χ2v) is 9.50. The number of aryl methyl sites for hydroxylation is 1. The molecule has 0 saturated carbocycles. The number of ketones is 1. The molecule has 2 aliphatic rings. The highest BCUT2D eigenvalue weighted by molar-refractivity contribution is 6.46. The highest BCUT2D eigenvalue weighted by Crippen LogP contribution is 2.37. The molecule has 206 valence electrons. The molecule has 2 aromatic rings. The molecule has 1 aromatic heterocycles. The summed E-state index contributed by atoms with van der Waals surface area (Å²) in [6.45, 7) is 2.84. The Bertz CT molecular complexity index is 1310. The van der Waals surface area contributed by atoms with Gasteiger partial charge in [-0.3, -0.25) is 19.4 Å². The topological polar surface area (TPSA) is 170 Å². The molecule has 4 N–H and O–H groups in total. The lowest BCUT2D eigenvalue weighted by Gasteiger charge is -2.38. The van der Waals surface area contributed by atoms with E-state index in [9.17, 15) is 38.8 Å². The van der Waals surface area contributed by atoms with Crippen molar-refractivity contribution in [3.63, 3.8) is 0 Å². The number of piperazine rings is 1. The third-order valence-corrected chi connectivity index (χ3v) is 6.90. The van der Waals surface area contributed by atoms with Gasteiger partial charge in [0, 0.05) is 31.4 Å². The molecular weight excluding hydrogens is 514 g/mol. The lowest BCUT2D eigenvalue weighted by atomic mass is 9.64. The number of amides is 4. The van der Waals surface area contributed by atoms with Crippen LogP contribution in [0.2, 0.25) is 5.82 Å². The van der Waals surface area contributed by atoms with Crippen molar-refractivity contribution < 1.29 is 43.5 Å². The number of aliphatic hydroxyl groups is 1. The van der Waals surface area contributed by atoms with E-state index in [1.165, 1.54) is 4.90 Å². The summed E-state index contributed by atoms with van der Waals surface area (Å²) in [7, 11) is -1.36. The van der Waals surface area contributed by atoms with E-state index in [0.717, 1.165) is 17.3 Å². The number of nitrogens with zero attached hydrogens (tertiary/aromatic N) is 3. The average Bonchev–Trinajstić information content (AvgIpc) is 2.90. The molecule has 1 fully saturated rings. The quantitative estimate of drug-likeness (QED) is 0.287. The van der Waals surface area contributed by atoms with Crippen LogP contribution in [0.4, 0.5) is 9.18 Å². The number of pyridine rings is 1. The Morgan fingerprint density at radius 1 is 1.31 bits per heavy atom. The van der Waals surface area contributed by atoms with Crippen LogP contribution in [0.1, 0.15) is 36.2 Å². The summed E-state index contributed by atoms with van der Waals surface area (Å²) < 4.78 is 20.5. The van der Waals surface area contributed by atoms with Gasteiger partial charge in [-0.1, -0.05) is 18.2 Å². The molecule has 4 rings (SSSR count). The fourth-order valence-corrected chi connectivity index (χ4v) is 4.83. The summed E-state index contributed by atoms with van der Waals surface area (Å²) in [4.78, 5) is 57.3. The zero-order valence-electron chi connectivity index (χ0n) is 21.3. The Morgan fingerprint density at radius 3 is 2.72 bits per heavy atom. The first-order valence-electron chi connectivity index (χ1n) is 12.4. The van der Waals surface area contributed by atoms with Gasteiger partial charge in [0.15, 0.2) is 11.6 Å². The maximum atomic E-state index is 14.8. The van der Waals surface area contributed by atoms with E-state index in [1.807, 2.05) is 13.0 Å². The molecule has 12 nitrogen and oxygen atoms in total. The molecule has 1 saturated heterocycles. The highest BCUT2D eigenvalue weighted by atomic mass is 19.1. The second kappa shape index (κ2) is 11.4. The molecule has 0 aliphatic carbocycles. The van der Waals surface area contributed by atoms with Gasteiger partial charge in [0.2, 0.25) is 0 Å². The molecule has 1 unspecified atom stereocenters. The average molecular weight is 542 g/mol. The van der Waals surface area contributed by atoms with Crippen molar-refractivity contribution in [1.82, 2.24) is 20.1 Å². The number of Topliss-reactive ketones (excluding diaryl/α,β-unsaturated/α-hetero) is 1. The van der Waals surface area contributed by atoms with Crippen LogP contribution in [0.5, 0.6) is 11.5 Å². The number of aromatic hydroxyl groups is 1. The smallest absolute Gasteiger partial charge is 0.526 e. The number of likely N-dealkylation sites (N-methyl/N-ethyl adjacent to an activating group) is 1. The van der Waals surface area contributed by atoms with Gasteiger partial charge in [0.05, 0.1) is 18.8 Å². The van der Waals surface area contributed by atoms with Crippen LogP contribution in [-0.4, -0.2) is 86.5 Å². The van der Waals surface area contributed by atoms with Gasteiger partial charge in [0.25, 0.3) is 0 Å². The predicted octanol–water partition coefficient (Wildman–Crippen LogP) is 0.482. The number of carbonyl (C=O) groups excluding carboxylic acids is 4. The molecule has 0 radical (unpaired) electrons. The fourth-order valence-electron chi connectivity index (χ4n) is 4.83. The predicted molar refractivity (Wildman–Crippen MR) is 134 cm³/mol. The standard InChI is InChI=1S/C25H28BFN4O8/c1-3-30-11-16(12-32)31(24(36)23(30)35)25(37)29-21(20-18(27)9-17(33)10-28-20)19(34)8-15-7-14-6-4-5-13(2)22(14)39-26(15)38/h4-6,9-10,15-16,21,32-33,38H,3,7-8,11-12H2,1-2H3,(H,29,37)/t15-,16-,21?/m1/s1. The zero-order chi connectivity index (χ0) is 28.4. The van der Waals surface area contributed by atoms with E-state index in [2.05, 4.69) is 10.3 Å². The van der Waals surface area contributed by atoms with Crippen molar-refractivity contribution in [3.05, 3.63) is 53.1 Å². The van der Waals surface area contributed by atoms with Crippen LogP contribution >= 0.6 is 0 Å². The number of rotatable bonds is 7. The number of benzene rings is 1. The molecule has 3 heterocycles. The monoisotopic (exact) mass is 542 g/mol. The van der Waals surface area contributed by atoms with Gasteiger partial charge in [-0.05, 0) is 31.4 Å². The Balaban J connectivity index is 1.61. The fraction of sp³-hybridized carbons (Fsp3) is 0.400. The van der Waals surface area contributed by atoms with Crippen molar-refractivity contribution >= 4 is 30.7 Å². The minimum atomic E-state index is -1.75. The number of aromatic nitrogens is 1. The van der Waals surface area contributed by atoms with Crippen molar-refractivity contribution in [2.45, 2.75) is 44.6 Å². The third kappa shape index (κ3) is 5.57. The molecule has 39 heavy (non-hydrogen) atoms. The van der Waals surface area contributed by atoms with Crippen LogP contribution in [0.3, 0.4) is 0 Å². The molecule has 4 amide bonds. The molecule has 3 atom stereocenters. The normalized spacial score (nSPS) is 19.9. The molecule has 1 aromatic carbocycles. The van der Waals surface area contributed by atoms with Crippen LogP contribution < -0.4 is 9.97 Å². The number of hydrogen-bond donors (Lipinski definition) is 4. The van der Waals surface area contributed by atoms with Crippen LogP contribution in [0.15, 0.2) is 30.5 Å². The largest absolute Gasteiger partial charge is 0.536 e. The molecule has 14 heteroatoms. The van der Waals surface area contributed by atoms with E-state index in [0.29, 0.717) is 16.7 Å². The van der Waals surface area contributed by atoms with E-state index in [1.54, 1.807) is 19.1 Å². The number of para-hydroxylation sites is 1. The van der Waals surface area contributed by atoms with Crippen molar-refractivity contribution in [2.75, 3.05) is 19.7 Å². The van der Waals surface area contributed by atoms with E-state index in [-0.39, 0.29) is 25.9 Å². The van der Waals surface area contributed by atoms with Crippen molar-refractivity contribution in [2.24, 2.45) is 0 Å². The Labute approximate surface area is 223 Å². The van der Waals surface area contributed by atoms with Gasteiger partial charge in [-0.2, -0.15) is 0 Å². The maximum Gasteiger partial charge on any atom is 0.526 e. The zero-order valence-corrected chi connectivity index (χ0v) is 21.3. The van der Waals surface area contributed by atoms with Gasteiger partial charge < -0.3 is 30.1 Å². The number of carbonyl (C=O) groups is 4. The number of nitrogens with one attached hydrogen (secondary N) is 1. The molecule has 0 bridgehead atoms. The number of hydrogen-bond acceptors (Lipinski definition) is 9. The van der Waals surface area contributed by atoms with Crippen molar-refractivity contribution in [1.29, 1.82) is 0 Å². The number of urea groups is 1. The highest BCUT2D eigenvalue weighted by Gasteiger charge is 2.44. The summed E-state index contributed by atoms with van der Waals surface area (Å²) in [5.74, 6) is -4.82. The van der Waals surface area contributed by atoms with Gasteiger partial charge in [-0.15, -0.1) is 0 Å². The lowest BCUT2D eigenvalue weighted by Crippen LogP contribution is -2.64. The maximum absolute atomic E-state index is 14.8. The SMILES string of the molecule is CCN1C[C@H](CO)N(C(=O)NC(C(=O)C[C@H]2Cc3cccc(C)c3OB2O)c2ncc(O)cc2F)C(=O)C1=O. The molecule has 2 aliphatic heterocycles. The number of fused-ring (bicyclic) bond motifs is 1. The van der Waals surface area contributed by atoms with Gasteiger partial charge >= 0.3 is 25.0 Å². The van der Waals surface area contributed by atoms with E-state index < -0.39 is 72.5 Å². The Kier molecular flexibility index (Phi) is 8.16. The first kappa shape index (κ1) is 28.0. The number of halogens is 1. The molecular formula is C25H28BFN4O8. The number of imide groups is 1. The minimum absolute atomic E-state index is 0.125. The van der Waals surface area contributed by atoms with E-state index >= 15 is 0 Å². The van der Waals surface area contributed by atoms with Crippen molar-refractivity contribution in [3.8, 4) is 11.5 Å². The van der Waals surface area contributed by atoms with Crippen LogP contribution in [0, 0.1) is 12.7 Å². The van der Waals surface area contributed by atoms with Crippen LogP contribution in [-0.2, 0) is 20.8 Å².